The lowest BCUT2D eigenvalue weighted by atomic mass is 10.8. The third-order valence-corrected chi connectivity index (χ3v) is 2.14. The van der Waals surface area contributed by atoms with Gasteiger partial charge in [0.1, 0.15) is 0 Å². The van der Waals surface area contributed by atoms with Gasteiger partial charge in [-0.15, -0.1) is 5.14 Å². The van der Waals surface area contributed by atoms with E-state index in [1.54, 1.807) is 0 Å². The Morgan fingerprint density at radius 3 is 2.56 bits per heavy atom. The molecule has 0 aliphatic carbocycles. The van der Waals surface area contributed by atoms with Crippen LogP contribution in [0, 0.1) is 0 Å². The van der Waals surface area contributed by atoms with Crippen LogP contribution in [0.4, 0.5) is 0 Å². The Kier molecular flexibility index (Phi) is 1.52. The lowest BCUT2D eigenvalue weighted by molar-refractivity contribution is 0.594. The molecule has 49 valence electrons. The van der Waals surface area contributed by atoms with Crippen LogP contribution < -0.4 is 5.14 Å². The van der Waals surface area contributed by atoms with E-state index in [2.05, 4.69) is 4.37 Å². The maximum atomic E-state index is 10.3. The first-order chi connectivity index (χ1) is 4.11. The van der Waals surface area contributed by atoms with E-state index in [0.717, 1.165) is 11.5 Å². The van der Waals surface area contributed by atoms with Crippen LogP contribution in [-0.2, 0) is 10.0 Å². The van der Waals surface area contributed by atoms with Crippen LogP contribution in [0.3, 0.4) is 0 Å². The monoisotopic (exact) mass is 163 g/mol. The van der Waals surface area contributed by atoms with Crippen molar-refractivity contribution in [2.24, 2.45) is 0 Å². The van der Waals surface area contributed by atoms with Gasteiger partial charge in [0.2, 0.25) is 0 Å². The van der Waals surface area contributed by atoms with Gasteiger partial charge in [0, 0.05) is 5.38 Å². The summed E-state index contributed by atoms with van der Waals surface area (Å²) in [5, 5.41) is 7.85. The summed E-state index contributed by atoms with van der Waals surface area (Å²) in [4.78, 5) is 0. The minimum atomic E-state index is -3.81. The van der Waals surface area contributed by atoms with Gasteiger partial charge in [-0.3, -0.25) is 0 Å². The topological polar surface area (TPSA) is 70.8 Å². The largest absolute Gasteiger partial charge is 0.272 e. The number of hydrogen-bond acceptors (Lipinski definition) is 4. The highest BCUT2D eigenvalue weighted by molar-refractivity contribution is 7.88. The van der Waals surface area contributed by atoms with Crippen LogP contribution in [0.2, 0.25) is 0 Å². The first-order valence-electron chi connectivity index (χ1n) is 2.01. The SMILES string of the molecule is [NH]S(=O)(=O)c1ccsn1. The molecule has 4 nitrogen and oxygen atoms in total. The molecule has 1 heterocycles. The van der Waals surface area contributed by atoms with E-state index in [1.165, 1.54) is 11.4 Å². The van der Waals surface area contributed by atoms with Crippen molar-refractivity contribution in [3.05, 3.63) is 11.4 Å². The summed E-state index contributed by atoms with van der Waals surface area (Å²) < 4.78 is 24.1. The fraction of sp³-hybridized carbons (Fsp3) is 0. The Labute approximate surface area is 56.5 Å². The Bertz CT molecular complexity index is 275. The fourth-order valence-electron chi connectivity index (χ4n) is 0.340. The van der Waals surface area contributed by atoms with E-state index < -0.39 is 10.0 Å². The number of rotatable bonds is 1. The normalized spacial score (nSPS) is 11.7. The van der Waals surface area contributed by atoms with E-state index in [9.17, 15) is 8.42 Å². The van der Waals surface area contributed by atoms with Crippen molar-refractivity contribution in [1.29, 1.82) is 0 Å². The summed E-state index contributed by atoms with van der Waals surface area (Å²) in [6.07, 6.45) is 0. The molecule has 1 radical (unpaired) electrons. The van der Waals surface area contributed by atoms with Crippen molar-refractivity contribution >= 4 is 21.6 Å². The second-order valence-corrected chi connectivity index (χ2v) is 3.43. The van der Waals surface area contributed by atoms with Gasteiger partial charge in [-0.2, -0.15) is 4.37 Å². The molecule has 0 amide bonds. The molecular weight excluding hydrogens is 160 g/mol. The third kappa shape index (κ3) is 1.47. The van der Waals surface area contributed by atoms with Crippen LogP contribution in [0.15, 0.2) is 16.5 Å². The summed E-state index contributed by atoms with van der Waals surface area (Å²) in [6, 6.07) is 1.30. The Morgan fingerprint density at radius 1 is 1.67 bits per heavy atom. The molecule has 1 aromatic rings. The second kappa shape index (κ2) is 2.05. The summed E-state index contributed by atoms with van der Waals surface area (Å²) in [5.41, 5.74) is 0. The predicted octanol–water partition coefficient (Wildman–Crippen LogP) is 0.115. The number of aromatic nitrogens is 1. The smallest absolute Gasteiger partial charge is 0.204 e. The van der Waals surface area contributed by atoms with Crippen molar-refractivity contribution in [2.45, 2.75) is 5.03 Å². The van der Waals surface area contributed by atoms with Gasteiger partial charge in [0.15, 0.2) is 5.03 Å². The summed E-state index contributed by atoms with van der Waals surface area (Å²) in [5.74, 6) is 0. The molecule has 0 aliphatic heterocycles. The molecule has 0 saturated heterocycles. The first kappa shape index (κ1) is 6.66. The predicted molar refractivity (Wildman–Crippen MR) is 32.4 cm³/mol. The van der Waals surface area contributed by atoms with Gasteiger partial charge in [-0.05, 0) is 17.6 Å². The fourth-order valence-corrected chi connectivity index (χ4v) is 1.61. The van der Waals surface area contributed by atoms with Crippen LogP contribution >= 0.6 is 11.5 Å². The van der Waals surface area contributed by atoms with Gasteiger partial charge in [-0.1, -0.05) is 0 Å². The zero-order valence-electron chi connectivity index (χ0n) is 4.23. The zero-order valence-corrected chi connectivity index (χ0v) is 5.87. The van der Waals surface area contributed by atoms with E-state index in [-0.39, 0.29) is 5.03 Å². The summed E-state index contributed by atoms with van der Waals surface area (Å²) >= 11 is 1.02. The quantitative estimate of drug-likeness (QED) is 0.590. The van der Waals surface area contributed by atoms with Crippen LogP contribution in [0.1, 0.15) is 0 Å². The average molecular weight is 163 g/mol. The number of nitrogens with one attached hydrogen (secondary N) is 1. The molecule has 0 fully saturated rings. The molecule has 0 saturated carbocycles. The lowest BCUT2D eigenvalue weighted by Gasteiger charge is -1.83. The van der Waals surface area contributed by atoms with Gasteiger partial charge in [0.25, 0.3) is 10.0 Å². The summed E-state index contributed by atoms with van der Waals surface area (Å²) in [7, 11) is -3.81. The third-order valence-electron chi connectivity index (χ3n) is 0.689. The highest BCUT2D eigenvalue weighted by Gasteiger charge is 2.08. The van der Waals surface area contributed by atoms with Crippen LogP contribution in [-0.4, -0.2) is 12.8 Å². The van der Waals surface area contributed by atoms with E-state index in [0.29, 0.717) is 0 Å². The molecule has 1 N–H and O–H groups in total. The summed E-state index contributed by atoms with van der Waals surface area (Å²) in [6.45, 7) is 0. The molecule has 9 heavy (non-hydrogen) atoms. The molecule has 1 rings (SSSR count). The standard InChI is InChI=1S/C3H3N2O2S2/c4-9(6,7)3-1-2-8-5-3/h1-2,4H. The van der Waals surface area contributed by atoms with Gasteiger partial charge < -0.3 is 0 Å². The molecule has 6 heteroatoms. The molecule has 0 atom stereocenters. The first-order valence-corrected chi connectivity index (χ1v) is 4.33. The Hall–Kier alpha value is -0.460. The van der Waals surface area contributed by atoms with Crippen molar-refractivity contribution < 1.29 is 8.42 Å². The highest BCUT2D eigenvalue weighted by Crippen LogP contribution is 2.05. The molecule has 0 spiro atoms. The van der Waals surface area contributed by atoms with E-state index in [4.69, 9.17) is 5.14 Å². The van der Waals surface area contributed by atoms with Crippen molar-refractivity contribution in [1.82, 2.24) is 9.51 Å². The molecule has 0 aromatic carbocycles. The number of hydrogen-bond donors (Lipinski definition) is 0. The number of sulfonamides is 1. The van der Waals surface area contributed by atoms with Gasteiger partial charge >= 0.3 is 0 Å². The highest BCUT2D eigenvalue weighted by atomic mass is 32.2. The maximum Gasteiger partial charge on any atom is 0.272 e. The molecule has 0 bridgehead atoms. The molecule has 1 aromatic heterocycles. The van der Waals surface area contributed by atoms with Crippen molar-refractivity contribution in [3.8, 4) is 0 Å². The van der Waals surface area contributed by atoms with Crippen LogP contribution in [0.5, 0.6) is 0 Å². The Morgan fingerprint density at radius 2 is 2.33 bits per heavy atom. The second-order valence-electron chi connectivity index (χ2n) is 1.34. The van der Waals surface area contributed by atoms with Crippen molar-refractivity contribution in [2.75, 3.05) is 0 Å². The Balaban J connectivity index is 3.20. The minimum absolute atomic E-state index is 0.174. The van der Waals surface area contributed by atoms with Crippen LogP contribution in [0.25, 0.3) is 0 Å². The van der Waals surface area contributed by atoms with E-state index in [1.807, 2.05) is 0 Å². The zero-order chi connectivity index (χ0) is 6.91. The van der Waals surface area contributed by atoms with E-state index >= 15 is 0 Å². The van der Waals surface area contributed by atoms with Crippen molar-refractivity contribution in [3.63, 3.8) is 0 Å². The molecular formula is C3H3N2O2S2. The van der Waals surface area contributed by atoms with Gasteiger partial charge in [0.05, 0.1) is 0 Å². The molecule has 0 aliphatic rings. The lowest BCUT2D eigenvalue weighted by Crippen LogP contribution is -1.99. The maximum absolute atomic E-state index is 10.3. The minimum Gasteiger partial charge on any atom is -0.204 e. The average Bonchev–Trinajstić information content (AvgIpc) is 2.08. The molecule has 0 unspecified atom stereocenters. The number of nitrogens with zero attached hydrogens (tertiary/aromatic N) is 1. The van der Waals surface area contributed by atoms with Gasteiger partial charge in [-0.25, -0.2) is 8.42 Å².